The van der Waals surface area contributed by atoms with Gasteiger partial charge in [-0.15, -0.1) is 0 Å². The Bertz CT molecular complexity index is 468. The summed E-state index contributed by atoms with van der Waals surface area (Å²) in [4.78, 5) is 0. The Morgan fingerprint density at radius 1 is 1.06 bits per heavy atom. The number of halogens is 3. The number of benzene rings is 1. The summed E-state index contributed by atoms with van der Waals surface area (Å²) in [5.74, 6) is 0.451. The fourth-order valence-electron chi connectivity index (χ4n) is 1.35. The maximum Gasteiger partial charge on any atom is 0.232 e. The van der Waals surface area contributed by atoms with Crippen LogP contribution in [0.2, 0.25) is 10.0 Å². The summed E-state index contributed by atoms with van der Waals surface area (Å²) in [5, 5.41) is 0.927. The molecule has 0 atom stereocenters. The number of rotatable bonds is 7. The Hall–Kier alpha value is -0.160. The Labute approximate surface area is 121 Å². The summed E-state index contributed by atoms with van der Waals surface area (Å²) in [5.41, 5.74) is 0. The van der Waals surface area contributed by atoms with Gasteiger partial charge in [0.2, 0.25) is 9.05 Å². The zero-order chi connectivity index (χ0) is 13.6. The van der Waals surface area contributed by atoms with Crippen molar-refractivity contribution in [1.29, 1.82) is 0 Å². The number of ether oxygens (including phenoxy) is 1. The van der Waals surface area contributed by atoms with E-state index in [-0.39, 0.29) is 5.75 Å². The fraction of sp³-hybridized carbons (Fsp3) is 0.455. The van der Waals surface area contributed by atoms with E-state index in [0.717, 1.165) is 0 Å². The number of hydrogen-bond donors (Lipinski definition) is 0. The molecule has 0 fully saturated rings. The van der Waals surface area contributed by atoms with Crippen LogP contribution in [0, 0.1) is 0 Å². The molecule has 0 N–H and O–H groups in total. The average molecular weight is 332 g/mol. The number of hydrogen-bond acceptors (Lipinski definition) is 3. The van der Waals surface area contributed by atoms with Gasteiger partial charge >= 0.3 is 0 Å². The van der Waals surface area contributed by atoms with E-state index in [1.807, 2.05) is 0 Å². The second-order valence-electron chi connectivity index (χ2n) is 3.70. The van der Waals surface area contributed by atoms with Crippen LogP contribution in [-0.2, 0) is 9.05 Å². The summed E-state index contributed by atoms with van der Waals surface area (Å²) < 4.78 is 26.8. The maximum absolute atomic E-state index is 10.7. The molecule has 3 nitrogen and oxygen atoms in total. The monoisotopic (exact) mass is 330 g/mol. The van der Waals surface area contributed by atoms with Gasteiger partial charge in [-0.25, -0.2) is 8.42 Å². The lowest BCUT2D eigenvalue weighted by atomic mass is 10.2. The third kappa shape index (κ3) is 6.14. The Morgan fingerprint density at radius 2 is 1.67 bits per heavy atom. The molecule has 0 heterocycles. The molecule has 18 heavy (non-hydrogen) atoms. The van der Waals surface area contributed by atoms with E-state index in [1.54, 1.807) is 18.2 Å². The molecule has 0 bridgehead atoms. The number of para-hydroxylation sites is 1. The van der Waals surface area contributed by atoms with E-state index in [1.165, 1.54) is 0 Å². The van der Waals surface area contributed by atoms with Crippen LogP contribution >= 0.6 is 33.9 Å². The van der Waals surface area contributed by atoms with Gasteiger partial charge in [-0.3, -0.25) is 0 Å². The summed E-state index contributed by atoms with van der Waals surface area (Å²) in [7, 11) is 1.70. The first-order valence-electron chi connectivity index (χ1n) is 5.39. The molecule has 1 rings (SSSR count). The highest BCUT2D eigenvalue weighted by Gasteiger charge is 2.07. The third-order valence-corrected chi connectivity index (χ3v) is 4.03. The molecular formula is C11H13Cl3O3S. The maximum atomic E-state index is 10.7. The summed E-state index contributed by atoms with van der Waals surface area (Å²) in [6.45, 7) is 0.436. The predicted molar refractivity (Wildman–Crippen MR) is 75.4 cm³/mol. The highest BCUT2D eigenvalue weighted by Crippen LogP contribution is 2.32. The van der Waals surface area contributed by atoms with Crippen LogP contribution in [0.5, 0.6) is 5.75 Å². The van der Waals surface area contributed by atoms with Crippen LogP contribution in [0.15, 0.2) is 18.2 Å². The lowest BCUT2D eigenvalue weighted by Crippen LogP contribution is -2.01. The quantitative estimate of drug-likeness (QED) is 0.558. The predicted octanol–water partition coefficient (Wildman–Crippen LogP) is 4.11. The Morgan fingerprint density at radius 3 is 2.22 bits per heavy atom. The van der Waals surface area contributed by atoms with Crippen LogP contribution in [0.4, 0.5) is 0 Å². The highest BCUT2D eigenvalue weighted by atomic mass is 35.7. The summed E-state index contributed by atoms with van der Waals surface area (Å²) >= 11 is 11.8. The largest absolute Gasteiger partial charge is 0.490 e. The van der Waals surface area contributed by atoms with Crippen LogP contribution in [0.3, 0.4) is 0 Å². The smallest absolute Gasteiger partial charge is 0.232 e. The van der Waals surface area contributed by atoms with E-state index in [9.17, 15) is 8.42 Å². The molecule has 0 unspecified atom stereocenters. The molecule has 1 aromatic carbocycles. The molecule has 0 aliphatic heterocycles. The molecule has 0 radical (unpaired) electrons. The van der Waals surface area contributed by atoms with Crippen molar-refractivity contribution in [3.8, 4) is 5.75 Å². The standard InChI is InChI=1S/C11H13Cl3O3S/c12-9-5-4-6-10(13)11(9)17-7-2-1-3-8-18(14,15)16/h4-6H,1-3,7-8H2. The number of unbranched alkanes of at least 4 members (excludes halogenated alkanes) is 2. The first kappa shape index (κ1) is 15.9. The molecule has 7 heteroatoms. The lowest BCUT2D eigenvalue weighted by molar-refractivity contribution is 0.306. The topological polar surface area (TPSA) is 43.4 Å². The molecule has 0 aliphatic rings. The van der Waals surface area contributed by atoms with E-state index in [0.29, 0.717) is 41.7 Å². The van der Waals surface area contributed by atoms with Gasteiger partial charge in [-0.2, -0.15) is 0 Å². The van der Waals surface area contributed by atoms with Crippen molar-refractivity contribution in [2.24, 2.45) is 0 Å². The first-order chi connectivity index (χ1) is 8.40. The van der Waals surface area contributed by atoms with Gasteiger partial charge in [0.25, 0.3) is 0 Å². The van der Waals surface area contributed by atoms with Crippen molar-refractivity contribution in [1.82, 2.24) is 0 Å². The van der Waals surface area contributed by atoms with E-state index in [4.69, 9.17) is 38.6 Å². The van der Waals surface area contributed by atoms with E-state index in [2.05, 4.69) is 0 Å². The zero-order valence-corrected chi connectivity index (χ0v) is 12.6. The SMILES string of the molecule is O=S(=O)(Cl)CCCCCOc1c(Cl)cccc1Cl. The van der Waals surface area contributed by atoms with Gasteiger partial charge in [0.15, 0.2) is 5.75 Å². The van der Waals surface area contributed by atoms with Crippen molar-refractivity contribution in [2.75, 3.05) is 12.4 Å². The van der Waals surface area contributed by atoms with Gasteiger partial charge in [0.1, 0.15) is 0 Å². The molecule has 0 saturated carbocycles. The summed E-state index contributed by atoms with van der Waals surface area (Å²) in [6.07, 6.45) is 1.95. The molecule has 1 aromatic rings. The fourth-order valence-corrected chi connectivity index (χ4v) is 2.73. The third-order valence-electron chi connectivity index (χ3n) is 2.20. The van der Waals surface area contributed by atoms with Gasteiger partial charge in [-0.1, -0.05) is 29.3 Å². The van der Waals surface area contributed by atoms with Crippen LogP contribution in [0.1, 0.15) is 19.3 Å². The zero-order valence-electron chi connectivity index (χ0n) is 9.53. The van der Waals surface area contributed by atoms with Crippen molar-refractivity contribution >= 4 is 42.9 Å². The lowest BCUT2D eigenvalue weighted by Gasteiger charge is -2.09. The van der Waals surface area contributed by atoms with Gasteiger partial charge in [-0.05, 0) is 31.4 Å². The van der Waals surface area contributed by atoms with E-state index < -0.39 is 9.05 Å². The van der Waals surface area contributed by atoms with Crippen LogP contribution in [0.25, 0.3) is 0 Å². The van der Waals surface area contributed by atoms with Gasteiger partial charge in [0, 0.05) is 10.7 Å². The Balaban J connectivity index is 2.26. The van der Waals surface area contributed by atoms with Crippen molar-refractivity contribution in [2.45, 2.75) is 19.3 Å². The molecule has 0 aromatic heterocycles. The molecule has 0 amide bonds. The van der Waals surface area contributed by atoms with Crippen LogP contribution in [-0.4, -0.2) is 20.8 Å². The molecule has 0 saturated heterocycles. The minimum Gasteiger partial charge on any atom is -0.490 e. The molecular weight excluding hydrogens is 319 g/mol. The van der Waals surface area contributed by atoms with Gasteiger partial charge < -0.3 is 4.74 Å². The second kappa shape index (κ2) is 7.43. The van der Waals surface area contributed by atoms with Crippen molar-refractivity contribution in [3.63, 3.8) is 0 Å². The normalized spacial score (nSPS) is 11.5. The average Bonchev–Trinajstić information content (AvgIpc) is 2.25. The molecule has 0 spiro atoms. The Kier molecular flexibility index (Phi) is 6.57. The van der Waals surface area contributed by atoms with Crippen molar-refractivity contribution < 1.29 is 13.2 Å². The van der Waals surface area contributed by atoms with E-state index >= 15 is 0 Å². The molecule has 102 valence electrons. The highest BCUT2D eigenvalue weighted by molar-refractivity contribution is 8.13. The minimum absolute atomic E-state index is 0.0125. The van der Waals surface area contributed by atoms with Crippen LogP contribution < -0.4 is 4.74 Å². The summed E-state index contributed by atoms with van der Waals surface area (Å²) in [6, 6.07) is 5.13. The van der Waals surface area contributed by atoms with Gasteiger partial charge in [0.05, 0.1) is 22.4 Å². The minimum atomic E-state index is -3.39. The first-order valence-corrected chi connectivity index (χ1v) is 8.63. The second-order valence-corrected chi connectivity index (χ2v) is 7.41. The molecule has 0 aliphatic carbocycles. The van der Waals surface area contributed by atoms with Crippen molar-refractivity contribution in [3.05, 3.63) is 28.2 Å².